The number of thioether (sulfide) groups is 1. The molecular formula is C24H21N3O4S2. The summed E-state index contributed by atoms with van der Waals surface area (Å²) in [6.07, 6.45) is 3.32. The number of hydrogen-bond donors (Lipinski definition) is 1. The third-order valence-electron chi connectivity index (χ3n) is 4.83. The van der Waals surface area contributed by atoms with Gasteiger partial charge in [-0.25, -0.2) is 18.5 Å². The topological polar surface area (TPSA) is 106 Å². The number of carbonyl (C=O) groups is 1. The van der Waals surface area contributed by atoms with E-state index in [0.717, 1.165) is 11.3 Å². The van der Waals surface area contributed by atoms with Crippen molar-refractivity contribution in [1.82, 2.24) is 4.90 Å². The van der Waals surface area contributed by atoms with Crippen molar-refractivity contribution in [3.05, 3.63) is 89.5 Å². The third-order valence-corrected chi connectivity index (χ3v) is 6.76. The van der Waals surface area contributed by atoms with E-state index in [1.165, 1.54) is 23.9 Å². The second-order valence-electron chi connectivity index (χ2n) is 7.32. The highest BCUT2D eigenvalue weighted by Crippen LogP contribution is 2.35. The van der Waals surface area contributed by atoms with Gasteiger partial charge in [0.2, 0.25) is 10.0 Å². The van der Waals surface area contributed by atoms with E-state index in [-0.39, 0.29) is 10.8 Å². The molecule has 0 aliphatic carbocycles. The van der Waals surface area contributed by atoms with Gasteiger partial charge < -0.3 is 4.42 Å². The summed E-state index contributed by atoms with van der Waals surface area (Å²) < 4.78 is 28.7. The van der Waals surface area contributed by atoms with E-state index in [9.17, 15) is 13.2 Å². The van der Waals surface area contributed by atoms with Gasteiger partial charge in [-0.1, -0.05) is 23.8 Å². The number of primary sulfonamides is 1. The van der Waals surface area contributed by atoms with Gasteiger partial charge in [-0.3, -0.25) is 9.69 Å². The van der Waals surface area contributed by atoms with E-state index >= 15 is 0 Å². The molecule has 0 unspecified atom stereocenters. The van der Waals surface area contributed by atoms with Crippen LogP contribution in [-0.2, 0) is 14.8 Å². The Bertz CT molecular complexity index is 1370. The summed E-state index contributed by atoms with van der Waals surface area (Å²) >= 11 is 1.27. The molecule has 2 aromatic carbocycles. The molecule has 168 valence electrons. The first-order valence-corrected chi connectivity index (χ1v) is 12.3. The van der Waals surface area contributed by atoms with Crippen LogP contribution in [0.4, 0.5) is 5.69 Å². The first-order valence-electron chi connectivity index (χ1n) is 9.95. The van der Waals surface area contributed by atoms with Crippen molar-refractivity contribution in [3.8, 4) is 11.3 Å². The minimum Gasteiger partial charge on any atom is -0.457 e. The summed E-state index contributed by atoms with van der Waals surface area (Å²) in [5.41, 5.74) is 2.58. The molecule has 1 aliphatic rings. The van der Waals surface area contributed by atoms with Crippen LogP contribution in [0.15, 0.2) is 92.5 Å². The van der Waals surface area contributed by atoms with Crippen LogP contribution in [0.2, 0.25) is 0 Å². The van der Waals surface area contributed by atoms with Crippen molar-refractivity contribution in [2.45, 2.75) is 11.8 Å². The lowest BCUT2D eigenvalue weighted by molar-refractivity contribution is -0.121. The molecule has 0 bridgehead atoms. The Labute approximate surface area is 196 Å². The average Bonchev–Trinajstić information content (AvgIpc) is 3.36. The van der Waals surface area contributed by atoms with Gasteiger partial charge in [0.25, 0.3) is 5.91 Å². The van der Waals surface area contributed by atoms with Crippen molar-refractivity contribution < 1.29 is 17.6 Å². The highest BCUT2D eigenvalue weighted by atomic mass is 32.2. The van der Waals surface area contributed by atoms with Gasteiger partial charge in [-0.2, -0.15) is 0 Å². The number of nitrogens with zero attached hydrogens (tertiary/aromatic N) is 2. The number of amidine groups is 1. The zero-order valence-electron chi connectivity index (χ0n) is 17.8. The lowest BCUT2D eigenvalue weighted by Crippen LogP contribution is -2.29. The number of carbonyl (C=O) groups excluding carboxylic acids is 1. The Balaban J connectivity index is 1.60. The molecular weight excluding hydrogens is 458 g/mol. The smallest absolute Gasteiger partial charge is 0.267 e. The van der Waals surface area contributed by atoms with Gasteiger partial charge in [0.15, 0.2) is 5.17 Å². The van der Waals surface area contributed by atoms with Crippen LogP contribution in [0.25, 0.3) is 17.4 Å². The number of rotatable bonds is 6. The molecule has 1 amide bonds. The van der Waals surface area contributed by atoms with Gasteiger partial charge in [0.05, 0.1) is 15.5 Å². The molecule has 1 aliphatic heterocycles. The van der Waals surface area contributed by atoms with Crippen LogP contribution in [0.1, 0.15) is 11.3 Å². The first-order chi connectivity index (χ1) is 15.7. The Morgan fingerprint density at radius 2 is 1.79 bits per heavy atom. The third kappa shape index (κ3) is 5.16. The maximum atomic E-state index is 13.0. The second kappa shape index (κ2) is 9.22. The Kier molecular flexibility index (Phi) is 6.37. The summed E-state index contributed by atoms with van der Waals surface area (Å²) in [5, 5.41) is 5.71. The monoisotopic (exact) mass is 479 g/mol. The quantitative estimate of drug-likeness (QED) is 0.408. The standard InChI is InChI=1S/C24H21N3O4S2/c1-3-14-27-23(28)22(32-24(27)26-18-8-4-16(2)5-9-18)15-19-10-13-21(31-19)17-6-11-20(12-7-17)33(25,29)30/h3-13,15H,1,14H2,2H3,(H2,25,29,30)/b22-15-,26-24?. The molecule has 0 saturated carbocycles. The number of furan rings is 1. The summed E-state index contributed by atoms with van der Waals surface area (Å²) in [7, 11) is -3.76. The molecule has 3 aromatic rings. The Hall–Kier alpha value is -3.40. The predicted octanol–water partition coefficient (Wildman–Crippen LogP) is 4.69. The largest absolute Gasteiger partial charge is 0.457 e. The van der Waals surface area contributed by atoms with Crippen molar-refractivity contribution in [2.75, 3.05) is 6.54 Å². The first kappa shape index (κ1) is 22.8. The van der Waals surface area contributed by atoms with E-state index < -0.39 is 10.0 Å². The number of aliphatic imine (C=N–C) groups is 1. The summed E-state index contributed by atoms with van der Waals surface area (Å²) in [6, 6.07) is 17.3. The molecule has 2 N–H and O–H groups in total. The Morgan fingerprint density at radius 1 is 1.09 bits per heavy atom. The lowest BCUT2D eigenvalue weighted by atomic mass is 10.2. The molecule has 1 saturated heterocycles. The zero-order valence-corrected chi connectivity index (χ0v) is 19.4. The molecule has 33 heavy (non-hydrogen) atoms. The highest BCUT2D eigenvalue weighted by molar-refractivity contribution is 8.18. The van der Waals surface area contributed by atoms with Gasteiger partial charge in [0, 0.05) is 18.2 Å². The fourth-order valence-corrected chi connectivity index (χ4v) is 4.64. The van der Waals surface area contributed by atoms with Gasteiger partial charge >= 0.3 is 0 Å². The van der Waals surface area contributed by atoms with Crippen LogP contribution in [0.5, 0.6) is 0 Å². The molecule has 4 rings (SSSR count). The van der Waals surface area contributed by atoms with Crippen LogP contribution in [0, 0.1) is 6.92 Å². The van der Waals surface area contributed by atoms with Crippen LogP contribution in [-0.4, -0.2) is 30.9 Å². The van der Waals surface area contributed by atoms with Crippen LogP contribution in [0.3, 0.4) is 0 Å². The molecule has 7 nitrogen and oxygen atoms in total. The summed E-state index contributed by atoms with van der Waals surface area (Å²) in [6.45, 7) is 6.08. The fourth-order valence-electron chi connectivity index (χ4n) is 3.13. The van der Waals surface area contributed by atoms with E-state index in [0.29, 0.717) is 33.7 Å². The maximum Gasteiger partial charge on any atom is 0.267 e. The van der Waals surface area contributed by atoms with Gasteiger partial charge in [0.1, 0.15) is 11.5 Å². The highest BCUT2D eigenvalue weighted by Gasteiger charge is 2.33. The van der Waals surface area contributed by atoms with Crippen LogP contribution >= 0.6 is 11.8 Å². The number of aryl methyl sites for hydroxylation is 1. The molecule has 0 atom stereocenters. The minimum atomic E-state index is -3.76. The van der Waals surface area contributed by atoms with Crippen molar-refractivity contribution in [1.29, 1.82) is 0 Å². The lowest BCUT2D eigenvalue weighted by Gasteiger charge is -2.12. The van der Waals surface area contributed by atoms with Crippen LogP contribution < -0.4 is 5.14 Å². The van der Waals surface area contributed by atoms with E-state index in [1.807, 2.05) is 31.2 Å². The molecule has 0 spiro atoms. The van der Waals surface area contributed by atoms with Crippen molar-refractivity contribution in [2.24, 2.45) is 10.1 Å². The summed E-state index contributed by atoms with van der Waals surface area (Å²) in [5.74, 6) is 0.850. The molecule has 0 radical (unpaired) electrons. The average molecular weight is 480 g/mol. The molecule has 1 aromatic heterocycles. The van der Waals surface area contributed by atoms with Gasteiger partial charge in [-0.15, -0.1) is 6.58 Å². The van der Waals surface area contributed by atoms with Crippen molar-refractivity contribution >= 4 is 44.6 Å². The number of sulfonamides is 1. The van der Waals surface area contributed by atoms with E-state index in [1.54, 1.807) is 41.3 Å². The number of nitrogens with two attached hydrogens (primary N) is 1. The minimum absolute atomic E-state index is 0.0239. The van der Waals surface area contributed by atoms with Crippen molar-refractivity contribution in [3.63, 3.8) is 0 Å². The zero-order chi connectivity index (χ0) is 23.6. The SMILES string of the molecule is C=CCN1C(=O)/C(=C/c2ccc(-c3ccc(S(N)(=O)=O)cc3)o2)SC1=Nc1ccc(C)cc1. The molecule has 1 fully saturated rings. The molecule has 9 heteroatoms. The number of benzene rings is 2. The normalized spacial score (nSPS) is 16.7. The second-order valence-corrected chi connectivity index (χ2v) is 9.89. The Morgan fingerprint density at radius 3 is 2.42 bits per heavy atom. The summed E-state index contributed by atoms with van der Waals surface area (Å²) in [4.78, 5) is 19.7. The number of hydrogen-bond acceptors (Lipinski definition) is 6. The molecule has 2 heterocycles. The van der Waals surface area contributed by atoms with E-state index in [2.05, 4.69) is 11.6 Å². The predicted molar refractivity (Wildman–Crippen MR) is 131 cm³/mol. The fraction of sp³-hybridized carbons (Fsp3) is 0.0833. The maximum absolute atomic E-state index is 13.0. The van der Waals surface area contributed by atoms with E-state index in [4.69, 9.17) is 9.56 Å². The number of amides is 1. The van der Waals surface area contributed by atoms with Gasteiger partial charge in [-0.05, 0) is 67.2 Å².